The molecule has 23 heavy (non-hydrogen) atoms. The fraction of sp³-hybridized carbons (Fsp3) is 0.0476. The summed E-state index contributed by atoms with van der Waals surface area (Å²) in [6.07, 6.45) is 1.85. The summed E-state index contributed by atoms with van der Waals surface area (Å²) in [6.45, 7) is 2.07. The van der Waals surface area contributed by atoms with Crippen molar-refractivity contribution in [2.24, 2.45) is 9.98 Å². The fourth-order valence-electron chi connectivity index (χ4n) is 2.17. The predicted octanol–water partition coefficient (Wildman–Crippen LogP) is 5.19. The minimum atomic E-state index is 0.707. The molecule has 0 aliphatic carbocycles. The monoisotopic (exact) mass is 298 g/mol. The molecule has 0 heterocycles. The van der Waals surface area contributed by atoms with Gasteiger partial charge in [-0.2, -0.15) is 0 Å². The minimum Gasteiger partial charge on any atom is -0.236 e. The van der Waals surface area contributed by atoms with Crippen LogP contribution >= 0.6 is 0 Å². The predicted molar refractivity (Wildman–Crippen MR) is 97.9 cm³/mol. The van der Waals surface area contributed by atoms with Gasteiger partial charge < -0.3 is 0 Å². The molecule has 0 N–H and O–H groups in total. The highest BCUT2D eigenvalue weighted by atomic mass is 14.9. The Bertz CT molecular complexity index is 801. The summed E-state index contributed by atoms with van der Waals surface area (Å²) in [5.41, 5.74) is 4.18. The normalized spacial score (nSPS) is 11.8. The average Bonchev–Trinajstić information content (AvgIpc) is 2.62. The molecule has 0 fully saturated rings. The quantitative estimate of drug-likeness (QED) is 0.469. The molecule has 0 amide bonds. The highest BCUT2D eigenvalue weighted by Crippen LogP contribution is 2.15. The van der Waals surface area contributed by atoms with E-state index in [0.29, 0.717) is 5.84 Å². The summed E-state index contributed by atoms with van der Waals surface area (Å²) in [5.74, 6) is 0.707. The van der Waals surface area contributed by atoms with Crippen LogP contribution in [0.2, 0.25) is 0 Å². The molecule has 2 nitrogen and oxygen atoms in total. The van der Waals surface area contributed by atoms with Crippen LogP contribution < -0.4 is 0 Å². The molecule has 3 aromatic carbocycles. The first-order valence-corrected chi connectivity index (χ1v) is 7.61. The van der Waals surface area contributed by atoms with Crippen LogP contribution in [0, 0.1) is 6.92 Å². The molecule has 0 bridgehead atoms. The topological polar surface area (TPSA) is 24.7 Å². The van der Waals surface area contributed by atoms with Crippen LogP contribution in [0.5, 0.6) is 0 Å². The standard InChI is InChI=1S/C21H18N2/c1-17-12-14-20(15-13-17)23-21(19-10-6-3-7-11-19)22-16-18-8-4-2-5-9-18/h2-16H,1H3. The lowest BCUT2D eigenvalue weighted by molar-refractivity contribution is 1.41. The van der Waals surface area contributed by atoms with Crippen LogP contribution in [0.15, 0.2) is 94.9 Å². The van der Waals surface area contributed by atoms with Crippen molar-refractivity contribution in [2.45, 2.75) is 6.92 Å². The van der Waals surface area contributed by atoms with Crippen molar-refractivity contribution in [3.8, 4) is 0 Å². The molecular weight excluding hydrogens is 280 g/mol. The zero-order valence-corrected chi connectivity index (χ0v) is 13.1. The highest BCUT2D eigenvalue weighted by Gasteiger charge is 2.01. The third kappa shape index (κ3) is 4.24. The van der Waals surface area contributed by atoms with Gasteiger partial charge in [0.25, 0.3) is 0 Å². The van der Waals surface area contributed by atoms with E-state index in [4.69, 9.17) is 4.99 Å². The summed E-state index contributed by atoms with van der Waals surface area (Å²) >= 11 is 0. The van der Waals surface area contributed by atoms with Crippen molar-refractivity contribution in [1.82, 2.24) is 0 Å². The summed E-state index contributed by atoms with van der Waals surface area (Å²) in [7, 11) is 0. The Morgan fingerprint density at radius 2 is 1.35 bits per heavy atom. The second-order valence-corrected chi connectivity index (χ2v) is 5.31. The van der Waals surface area contributed by atoms with Crippen molar-refractivity contribution >= 4 is 17.7 Å². The van der Waals surface area contributed by atoms with Crippen molar-refractivity contribution < 1.29 is 0 Å². The van der Waals surface area contributed by atoms with Gasteiger partial charge in [-0.15, -0.1) is 0 Å². The maximum Gasteiger partial charge on any atom is 0.159 e. The van der Waals surface area contributed by atoms with Crippen LogP contribution in [0.4, 0.5) is 5.69 Å². The summed E-state index contributed by atoms with van der Waals surface area (Å²) in [4.78, 5) is 9.31. The maximum atomic E-state index is 4.70. The average molecular weight is 298 g/mol. The number of aryl methyl sites for hydroxylation is 1. The van der Waals surface area contributed by atoms with Crippen LogP contribution in [0.25, 0.3) is 0 Å². The molecule has 0 aromatic heterocycles. The van der Waals surface area contributed by atoms with Gasteiger partial charge in [0.15, 0.2) is 5.84 Å². The largest absolute Gasteiger partial charge is 0.236 e. The van der Waals surface area contributed by atoms with E-state index < -0.39 is 0 Å². The molecule has 0 radical (unpaired) electrons. The van der Waals surface area contributed by atoms with Gasteiger partial charge in [-0.25, -0.2) is 9.98 Å². The van der Waals surface area contributed by atoms with Crippen molar-refractivity contribution in [3.05, 3.63) is 102 Å². The Balaban J connectivity index is 1.97. The number of nitrogens with zero attached hydrogens (tertiary/aromatic N) is 2. The SMILES string of the molecule is Cc1ccc(N=C(N=Cc2ccccc2)c2ccccc2)cc1. The number of benzene rings is 3. The van der Waals surface area contributed by atoms with E-state index in [0.717, 1.165) is 16.8 Å². The Morgan fingerprint density at radius 3 is 2.00 bits per heavy atom. The lowest BCUT2D eigenvalue weighted by Gasteiger charge is -2.02. The van der Waals surface area contributed by atoms with E-state index in [2.05, 4.69) is 24.0 Å². The second kappa shape index (κ2) is 7.32. The van der Waals surface area contributed by atoms with Gasteiger partial charge in [-0.05, 0) is 24.6 Å². The summed E-state index contributed by atoms with van der Waals surface area (Å²) in [6, 6.07) is 28.2. The van der Waals surface area contributed by atoms with Crippen LogP contribution in [0.1, 0.15) is 16.7 Å². The van der Waals surface area contributed by atoms with E-state index in [1.54, 1.807) is 0 Å². The molecule has 3 aromatic rings. The lowest BCUT2D eigenvalue weighted by Crippen LogP contribution is -1.97. The molecule has 112 valence electrons. The van der Waals surface area contributed by atoms with Crippen molar-refractivity contribution in [2.75, 3.05) is 0 Å². The molecule has 0 aliphatic rings. The summed E-state index contributed by atoms with van der Waals surface area (Å²) < 4.78 is 0. The number of aliphatic imine (C=N–C) groups is 2. The molecule has 0 saturated heterocycles. The zero-order chi connectivity index (χ0) is 15.9. The molecule has 2 heteroatoms. The lowest BCUT2D eigenvalue weighted by atomic mass is 10.2. The Labute approximate surface area is 136 Å². The van der Waals surface area contributed by atoms with Crippen molar-refractivity contribution in [3.63, 3.8) is 0 Å². The molecule has 0 spiro atoms. The van der Waals surface area contributed by atoms with Crippen LogP contribution in [-0.4, -0.2) is 12.1 Å². The van der Waals surface area contributed by atoms with Crippen LogP contribution in [-0.2, 0) is 0 Å². The molecule has 0 aliphatic heterocycles. The Morgan fingerprint density at radius 1 is 0.739 bits per heavy atom. The third-order valence-corrected chi connectivity index (χ3v) is 3.44. The number of hydrogen-bond donors (Lipinski definition) is 0. The second-order valence-electron chi connectivity index (χ2n) is 5.31. The number of rotatable bonds is 3. The highest BCUT2D eigenvalue weighted by molar-refractivity contribution is 6.06. The minimum absolute atomic E-state index is 0.707. The van der Waals surface area contributed by atoms with E-state index in [1.165, 1.54) is 5.56 Å². The molecule has 0 saturated carbocycles. The molecule has 3 rings (SSSR count). The fourth-order valence-corrected chi connectivity index (χ4v) is 2.17. The summed E-state index contributed by atoms with van der Waals surface area (Å²) in [5, 5.41) is 0. The molecule has 0 atom stereocenters. The Kier molecular flexibility index (Phi) is 4.75. The Hall–Kier alpha value is -3.00. The molecular formula is C21H18N2. The zero-order valence-electron chi connectivity index (χ0n) is 13.1. The molecule has 0 unspecified atom stereocenters. The van der Waals surface area contributed by atoms with Gasteiger partial charge in [0, 0.05) is 11.8 Å². The van der Waals surface area contributed by atoms with Gasteiger partial charge in [0.2, 0.25) is 0 Å². The number of amidine groups is 1. The van der Waals surface area contributed by atoms with Gasteiger partial charge in [-0.1, -0.05) is 78.4 Å². The first kappa shape index (κ1) is 14.9. The van der Waals surface area contributed by atoms with E-state index in [9.17, 15) is 0 Å². The van der Waals surface area contributed by atoms with Gasteiger partial charge in [0.1, 0.15) is 0 Å². The first-order valence-electron chi connectivity index (χ1n) is 7.61. The van der Waals surface area contributed by atoms with E-state index in [1.807, 2.05) is 79.0 Å². The van der Waals surface area contributed by atoms with Gasteiger partial charge in [0.05, 0.1) is 5.69 Å². The van der Waals surface area contributed by atoms with Gasteiger partial charge in [-0.3, -0.25) is 0 Å². The van der Waals surface area contributed by atoms with E-state index in [-0.39, 0.29) is 0 Å². The smallest absolute Gasteiger partial charge is 0.159 e. The maximum absolute atomic E-state index is 4.70. The third-order valence-electron chi connectivity index (χ3n) is 3.44. The first-order chi connectivity index (χ1) is 11.3. The van der Waals surface area contributed by atoms with Gasteiger partial charge >= 0.3 is 0 Å². The van der Waals surface area contributed by atoms with Crippen molar-refractivity contribution in [1.29, 1.82) is 0 Å². The van der Waals surface area contributed by atoms with E-state index >= 15 is 0 Å². The number of hydrogen-bond acceptors (Lipinski definition) is 1. The van der Waals surface area contributed by atoms with Crippen LogP contribution in [0.3, 0.4) is 0 Å².